The maximum atomic E-state index is 11.2. The second-order valence-electron chi connectivity index (χ2n) is 4.44. The predicted octanol–water partition coefficient (Wildman–Crippen LogP) is 3.35. The fourth-order valence-electron chi connectivity index (χ4n) is 1.65. The number of hydrogen-bond donors (Lipinski definition) is 0. The molecule has 128 valence electrons. The Morgan fingerprint density at radius 1 is 0.955 bits per heavy atom. The van der Waals surface area contributed by atoms with Crippen molar-refractivity contribution < 1.29 is 4.92 Å². The summed E-state index contributed by atoms with van der Waals surface area (Å²) >= 11 is 13.4. The van der Waals surface area contributed by atoms with Crippen LogP contribution in [0.25, 0.3) is 0 Å². The SMILES string of the molecule is CCN(CC)C(=S)SCC(CSC(=S)N(CC)CC)[N+](=O)[O-]. The molecule has 0 bridgehead atoms. The third-order valence-electron chi connectivity index (χ3n) is 3.14. The molecule has 0 saturated heterocycles. The molecule has 9 heteroatoms. The molecule has 0 spiro atoms. The maximum absolute atomic E-state index is 11.2. The van der Waals surface area contributed by atoms with E-state index in [1.807, 2.05) is 37.5 Å². The fourth-order valence-corrected chi connectivity index (χ4v) is 4.76. The zero-order chi connectivity index (χ0) is 17.1. The molecule has 0 aromatic heterocycles. The number of nitro groups is 1. The van der Waals surface area contributed by atoms with E-state index in [1.54, 1.807) is 0 Å². The normalized spacial score (nSPS) is 10.6. The van der Waals surface area contributed by atoms with Gasteiger partial charge < -0.3 is 9.80 Å². The van der Waals surface area contributed by atoms with Crippen LogP contribution < -0.4 is 0 Å². The first-order valence-corrected chi connectivity index (χ1v) is 10.2. The third kappa shape index (κ3) is 7.94. The summed E-state index contributed by atoms with van der Waals surface area (Å²) in [5.74, 6) is 0.770. The molecular weight excluding hydrogens is 358 g/mol. The smallest absolute Gasteiger partial charge is 0.231 e. The van der Waals surface area contributed by atoms with Crippen LogP contribution in [0.3, 0.4) is 0 Å². The van der Waals surface area contributed by atoms with Crippen LogP contribution in [0.5, 0.6) is 0 Å². The molecule has 0 aliphatic heterocycles. The molecule has 0 saturated carbocycles. The summed E-state index contributed by atoms with van der Waals surface area (Å²) in [6.45, 7) is 11.4. The van der Waals surface area contributed by atoms with Gasteiger partial charge in [-0.15, -0.1) is 0 Å². The monoisotopic (exact) mass is 383 g/mol. The quantitative estimate of drug-likeness (QED) is 0.341. The van der Waals surface area contributed by atoms with Crippen molar-refractivity contribution in [2.45, 2.75) is 33.7 Å². The standard InChI is InChI=1S/C13H25N3O2S4/c1-5-14(6-2)12(19)21-9-11(16(17)18)10-22-13(20)15(7-3)8-4/h11H,5-10H2,1-4H3. The molecule has 22 heavy (non-hydrogen) atoms. The average molecular weight is 384 g/mol. The van der Waals surface area contributed by atoms with E-state index in [2.05, 4.69) is 0 Å². The lowest BCUT2D eigenvalue weighted by Crippen LogP contribution is -2.32. The van der Waals surface area contributed by atoms with Gasteiger partial charge in [-0.05, 0) is 27.7 Å². The largest absolute Gasteiger partial charge is 0.358 e. The van der Waals surface area contributed by atoms with Gasteiger partial charge in [0.1, 0.15) is 8.64 Å². The minimum Gasteiger partial charge on any atom is -0.358 e. The van der Waals surface area contributed by atoms with Crippen molar-refractivity contribution in [1.29, 1.82) is 0 Å². The number of thiocarbonyl (C=S) groups is 2. The van der Waals surface area contributed by atoms with Crippen molar-refractivity contribution in [3.05, 3.63) is 10.1 Å². The zero-order valence-electron chi connectivity index (χ0n) is 13.6. The second kappa shape index (κ2) is 12.3. The summed E-state index contributed by atoms with van der Waals surface area (Å²) in [6.07, 6.45) is 0. The molecule has 0 rings (SSSR count). The molecule has 0 aliphatic carbocycles. The van der Waals surface area contributed by atoms with Gasteiger partial charge in [-0.3, -0.25) is 10.1 Å². The highest BCUT2D eigenvalue weighted by molar-refractivity contribution is 8.23. The molecule has 0 atom stereocenters. The summed E-state index contributed by atoms with van der Waals surface area (Å²) < 4.78 is 1.46. The number of thioether (sulfide) groups is 2. The minimum atomic E-state index is -0.642. The number of nitrogens with zero attached hydrogens (tertiary/aromatic N) is 3. The van der Waals surface area contributed by atoms with Crippen molar-refractivity contribution in [1.82, 2.24) is 9.80 Å². The highest BCUT2D eigenvalue weighted by Gasteiger charge is 2.23. The van der Waals surface area contributed by atoms with Crippen LogP contribution in [-0.4, -0.2) is 67.1 Å². The van der Waals surface area contributed by atoms with Gasteiger partial charge in [0.05, 0.1) is 11.5 Å². The van der Waals surface area contributed by atoms with Crippen molar-refractivity contribution in [2.24, 2.45) is 0 Å². The molecule has 5 nitrogen and oxygen atoms in total. The number of hydrogen-bond acceptors (Lipinski definition) is 6. The van der Waals surface area contributed by atoms with Gasteiger partial charge in [-0.25, -0.2) is 0 Å². The van der Waals surface area contributed by atoms with Crippen LogP contribution in [0.1, 0.15) is 27.7 Å². The van der Waals surface area contributed by atoms with E-state index in [0.29, 0.717) is 11.5 Å². The molecule has 0 fully saturated rings. The number of rotatable bonds is 9. The van der Waals surface area contributed by atoms with Crippen LogP contribution in [0, 0.1) is 10.1 Å². The van der Waals surface area contributed by atoms with Crippen LogP contribution in [0.4, 0.5) is 0 Å². The Morgan fingerprint density at radius 2 is 1.27 bits per heavy atom. The van der Waals surface area contributed by atoms with Gasteiger partial charge in [-0.1, -0.05) is 48.0 Å². The lowest BCUT2D eigenvalue weighted by molar-refractivity contribution is -0.510. The van der Waals surface area contributed by atoms with Gasteiger partial charge in [0, 0.05) is 31.1 Å². The van der Waals surface area contributed by atoms with E-state index in [-0.39, 0.29) is 4.92 Å². The van der Waals surface area contributed by atoms with Crippen LogP contribution in [-0.2, 0) is 0 Å². The Morgan fingerprint density at radius 3 is 1.50 bits per heavy atom. The van der Waals surface area contributed by atoms with E-state index >= 15 is 0 Å². The third-order valence-corrected chi connectivity index (χ3v) is 6.48. The Kier molecular flexibility index (Phi) is 12.3. The minimum absolute atomic E-state index is 0.226. The van der Waals surface area contributed by atoms with Gasteiger partial charge in [0.15, 0.2) is 0 Å². The van der Waals surface area contributed by atoms with Crippen LogP contribution in [0.15, 0.2) is 0 Å². The van der Waals surface area contributed by atoms with E-state index in [1.165, 1.54) is 23.5 Å². The summed E-state index contributed by atoms with van der Waals surface area (Å²) in [7, 11) is 0. The topological polar surface area (TPSA) is 49.6 Å². The fraction of sp³-hybridized carbons (Fsp3) is 0.846. The lowest BCUT2D eigenvalue weighted by Gasteiger charge is -2.22. The molecule has 0 heterocycles. The Bertz CT molecular complexity index is 346. The molecular formula is C13H25N3O2S4. The first-order valence-electron chi connectivity index (χ1n) is 7.37. The van der Waals surface area contributed by atoms with Gasteiger partial charge >= 0.3 is 0 Å². The maximum Gasteiger partial charge on any atom is 0.231 e. The molecule has 0 amide bonds. The Balaban J connectivity index is 4.42. The lowest BCUT2D eigenvalue weighted by atomic mass is 10.4. The molecule has 0 aromatic carbocycles. The molecule has 0 aromatic rings. The van der Waals surface area contributed by atoms with Crippen LogP contribution in [0.2, 0.25) is 0 Å². The van der Waals surface area contributed by atoms with E-state index in [4.69, 9.17) is 24.4 Å². The molecule has 0 N–H and O–H groups in total. The molecule has 0 aliphatic rings. The first kappa shape index (κ1) is 21.9. The summed E-state index contributed by atoms with van der Waals surface area (Å²) in [5.41, 5.74) is 0. The van der Waals surface area contributed by atoms with Gasteiger partial charge in [-0.2, -0.15) is 0 Å². The highest BCUT2D eigenvalue weighted by atomic mass is 32.2. The van der Waals surface area contributed by atoms with E-state index < -0.39 is 6.04 Å². The predicted molar refractivity (Wildman–Crippen MR) is 107 cm³/mol. The van der Waals surface area contributed by atoms with Crippen molar-refractivity contribution in [3.8, 4) is 0 Å². The second-order valence-corrected chi connectivity index (χ2v) is 7.75. The highest BCUT2D eigenvalue weighted by Crippen LogP contribution is 2.17. The Labute approximate surface area is 152 Å². The molecule has 0 radical (unpaired) electrons. The van der Waals surface area contributed by atoms with E-state index in [9.17, 15) is 10.1 Å². The van der Waals surface area contributed by atoms with E-state index in [0.717, 1.165) is 34.8 Å². The van der Waals surface area contributed by atoms with Crippen LogP contribution >= 0.6 is 48.0 Å². The Hall–Kier alpha value is -0.120. The average Bonchev–Trinajstić information content (AvgIpc) is 2.49. The van der Waals surface area contributed by atoms with Gasteiger partial charge in [0.25, 0.3) is 0 Å². The van der Waals surface area contributed by atoms with Crippen molar-refractivity contribution >= 4 is 56.6 Å². The first-order chi connectivity index (χ1) is 10.4. The summed E-state index contributed by atoms with van der Waals surface area (Å²) in [4.78, 5) is 15.0. The van der Waals surface area contributed by atoms with Gasteiger partial charge in [0.2, 0.25) is 6.04 Å². The summed E-state index contributed by atoms with van der Waals surface area (Å²) in [5, 5.41) is 11.2. The van der Waals surface area contributed by atoms with Crippen molar-refractivity contribution in [3.63, 3.8) is 0 Å². The van der Waals surface area contributed by atoms with Crippen molar-refractivity contribution in [2.75, 3.05) is 37.7 Å². The summed E-state index contributed by atoms with van der Waals surface area (Å²) in [6, 6.07) is -0.642. The molecule has 0 unspecified atom stereocenters. The zero-order valence-corrected chi connectivity index (χ0v) is 16.9.